The van der Waals surface area contributed by atoms with Crippen LogP contribution in [-0.4, -0.2) is 61.2 Å². The van der Waals surface area contributed by atoms with Crippen LogP contribution in [-0.2, 0) is 35.6 Å². The molecule has 2 aliphatic heterocycles. The number of unbranched alkanes of at least 4 members (excludes halogenated alkanes) is 2. The molecule has 17 heteroatoms. The van der Waals surface area contributed by atoms with E-state index in [1.54, 1.807) is 36.4 Å². The fourth-order valence-corrected chi connectivity index (χ4v) is 9.61. The first-order valence-corrected chi connectivity index (χ1v) is 19.0. The fourth-order valence-electron chi connectivity index (χ4n) is 8.89. The van der Waals surface area contributed by atoms with E-state index in [9.17, 15) is 37.5 Å². The van der Waals surface area contributed by atoms with Crippen LogP contribution in [0.1, 0.15) is 61.1 Å². The number of fused-ring (bicyclic) bond motifs is 4. The van der Waals surface area contributed by atoms with Crippen LogP contribution in [0.3, 0.4) is 0 Å². The van der Waals surface area contributed by atoms with Crippen LogP contribution < -0.4 is 5.43 Å². The second-order valence-electron chi connectivity index (χ2n) is 14.2. The van der Waals surface area contributed by atoms with Crippen LogP contribution in [0.4, 0.5) is 19.0 Å². The van der Waals surface area contributed by atoms with Gasteiger partial charge >= 0.3 is 12.1 Å². The largest absolute Gasteiger partial charge is 0.508 e. The number of carbonyl (C=O) groups excluding carboxylic acids is 4. The van der Waals surface area contributed by atoms with E-state index in [0.717, 1.165) is 0 Å². The van der Waals surface area contributed by atoms with Crippen molar-refractivity contribution in [1.82, 2.24) is 14.9 Å². The Morgan fingerprint density at radius 2 is 1.71 bits per heavy atom. The van der Waals surface area contributed by atoms with Crippen molar-refractivity contribution in [1.29, 1.82) is 0 Å². The zero-order valence-electron chi connectivity index (χ0n) is 28.7. The number of alkyl halides is 3. The quantitative estimate of drug-likeness (QED) is 0.107. The van der Waals surface area contributed by atoms with Crippen molar-refractivity contribution in [3.8, 4) is 5.75 Å². The van der Waals surface area contributed by atoms with Crippen LogP contribution >= 0.6 is 39.1 Å². The summed E-state index contributed by atoms with van der Waals surface area (Å²) in [6.45, 7) is 0.0936. The number of aromatic hydroxyl groups is 1. The predicted molar refractivity (Wildman–Crippen MR) is 196 cm³/mol. The number of phenols is 1. The van der Waals surface area contributed by atoms with Crippen molar-refractivity contribution >= 4 is 74.5 Å². The van der Waals surface area contributed by atoms with Gasteiger partial charge in [-0.1, -0.05) is 69.3 Å². The SMILES string of the molecule is O=C(O)CCCCCN1C(=O)C2CC=C3C(CC4C(=O)N(Nc5ncc(C(F)(F)F)cc5Cl)C(=O)C4(c4ccc(Cl)cc4)C3c3cc(Br)ccc3O)C2C1=O. The van der Waals surface area contributed by atoms with Gasteiger partial charge in [0.25, 0.3) is 11.8 Å². The fraction of sp³-hybridized carbons (Fsp3) is 0.368. The number of hydrogen-bond donors (Lipinski definition) is 3. The predicted octanol–water partition coefficient (Wildman–Crippen LogP) is 7.51. The number of amides is 4. The maximum absolute atomic E-state index is 15.2. The second-order valence-corrected chi connectivity index (χ2v) is 15.9. The number of hydrazine groups is 1. The minimum atomic E-state index is -4.77. The molecule has 2 aliphatic carbocycles. The number of anilines is 1. The maximum Gasteiger partial charge on any atom is 0.417 e. The Labute approximate surface area is 330 Å². The lowest BCUT2D eigenvalue weighted by Gasteiger charge is -2.50. The van der Waals surface area contributed by atoms with Gasteiger partial charge in [0.15, 0.2) is 5.82 Å². The molecule has 3 aromatic rings. The number of carboxylic acid groups (broad SMARTS) is 1. The highest BCUT2D eigenvalue weighted by Crippen LogP contribution is 2.65. The minimum absolute atomic E-state index is 0.0388. The van der Waals surface area contributed by atoms with E-state index in [2.05, 4.69) is 26.3 Å². The molecule has 3 N–H and O–H groups in total. The van der Waals surface area contributed by atoms with E-state index in [-0.39, 0.29) is 43.0 Å². The average molecular weight is 864 g/mol. The van der Waals surface area contributed by atoms with Gasteiger partial charge in [0.2, 0.25) is 11.8 Å². The molecule has 4 aliphatic rings. The van der Waals surface area contributed by atoms with Crippen molar-refractivity contribution in [2.45, 2.75) is 56.0 Å². The number of benzene rings is 2. The number of aromatic nitrogens is 1. The highest BCUT2D eigenvalue weighted by Gasteiger charge is 2.70. The highest BCUT2D eigenvalue weighted by molar-refractivity contribution is 9.10. The Morgan fingerprint density at radius 3 is 2.38 bits per heavy atom. The molecule has 1 saturated carbocycles. The van der Waals surface area contributed by atoms with Crippen LogP contribution in [0.5, 0.6) is 5.75 Å². The molecule has 288 valence electrons. The molecule has 3 heterocycles. The Balaban J connectivity index is 1.35. The molecule has 1 aromatic heterocycles. The monoisotopic (exact) mass is 862 g/mol. The van der Waals surface area contributed by atoms with Gasteiger partial charge in [0.1, 0.15) is 5.75 Å². The van der Waals surface area contributed by atoms with Gasteiger partial charge in [-0.25, -0.2) is 4.98 Å². The Kier molecular flexibility index (Phi) is 10.3. The lowest BCUT2D eigenvalue weighted by Crippen LogP contribution is -2.53. The van der Waals surface area contributed by atoms with E-state index in [0.29, 0.717) is 57.2 Å². The zero-order chi connectivity index (χ0) is 39.6. The number of hydrogen-bond acceptors (Lipinski definition) is 8. The summed E-state index contributed by atoms with van der Waals surface area (Å²) in [5.74, 6) is -8.69. The number of phenolic OH excluding ortho intramolecular Hbond substituents is 1. The van der Waals surface area contributed by atoms with Gasteiger partial charge in [-0.15, -0.1) is 0 Å². The Hall–Kier alpha value is -4.47. The third kappa shape index (κ3) is 6.57. The van der Waals surface area contributed by atoms with Crippen molar-refractivity contribution in [2.75, 3.05) is 12.0 Å². The minimum Gasteiger partial charge on any atom is -0.508 e. The molecule has 55 heavy (non-hydrogen) atoms. The van der Waals surface area contributed by atoms with Crippen LogP contribution in [0.2, 0.25) is 10.0 Å². The summed E-state index contributed by atoms with van der Waals surface area (Å²) in [7, 11) is 0. The molecule has 6 unspecified atom stereocenters. The van der Waals surface area contributed by atoms with Crippen molar-refractivity contribution < 1.29 is 47.4 Å². The number of rotatable bonds is 10. The van der Waals surface area contributed by atoms with Gasteiger partial charge in [-0.3, -0.25) is 34.3 Å². The number of carboxylic acids is 1. The molecule has 7 rings (SSSR count). The number of likely N-dealkylation sites (tertiary alicyclic amines) is 1. The number of imide groups is 2. The number of pyridine rings is 1. The Bertz CT molecular complexity index is 2150. The number of allylic oxidation sites excluding steroid dienone is 2. The smallest absolute Gasteiger partial charge is 0.417 e. The molecule has 4 amide bonds. The lowest BCUT2D eigenvalue weighted by atomic mass is 9.49. The summed E-state index contributed by atoms with van der Waals surface area (Å²) in [6.07, 6.45) is -1.15. The third-order valence-corrected chi connectivity index (χ3v) is 12.3. The zero-order valence-corrected chi connectivity index (χ0v) is 31.8. The molecule has 0 spiro atoms. The van der Waals surface area contributed by atoms with E-state index in [4.69, 9.17) is 28.3 Å². The second kappa shape index (κ2) is 14.6. The summed E-state index contributed by atoms with van der Waals surface area (Å²) >= 11 is 16.0. The first kappa shape index (κ1) is 38.8. The highest BCUT2D eigenvalue weighted by atomic mass is 79.9. The van der Waals surface area contributed by atoms with E-state index in [1.165, 1.54) is 11.0 Å². The number of nitrogens with zero attached hydrogens (tertiary/aromatic N) is 3. The summed E-state index contributed by atoms with van der Waals surface area (Å²) in [5.41, 5.74) is 0.794. The van der Waals surface area contributed by atoms with Crippen LogP contribution in [0.15, 0.2) is 70.8 Å². The molecule has 6 atom stereocenters. The summed E-state index contributed by atoms with van der Waals surface area (Å²) in [5, 5.41) is 21.0. The number of aliphatic carboxylic acids is 1. The van der Waals surface area contributed by atoms with Gasteiger partial charge < -0.3 is 10.2 Å². The molecule has 2 aromatic carbocycles. The van der Waals surface area contributed by atoms with E-state index < -0.39 is 81.3 Å². The summed E-state index contributed by atoms with van der Waals surface area (Å²) in [6, 6.07) is 11.6. The number of halogens is 6. The number of nitrogens with one attached hydrogen (secondary N) is 1. The molecular formula is C38H32BrCl2F3N4O7. The normalized spacial score (nSPS) is 26.1. The Morgan fingerprint density at radius 1 is 0.982 bits per heavy atom. The molecule has 11 nitrogen and oxygen atoms in total. The van der Waals surface area contributed by atoms with Crippen molar-refractivity contribution in [3.63, 3.8) is 0 Å². The first-order chi connectivity index (χ1) is 26.0. The standard InChI is InChI=1S/C38H32BrCl2F3N4O7/c39-20-7-12-28(49)25(15-20)31-22-10-11-23-30(35(54)47(33(23)52)13-3-1-2-4-29(50)51)24(22)16-26-34(53)48(36(55)37(26,31)18-5-8-21(40)9-6-18)46-32-27(41)14-19(17-45-32)38(42,43)44/h5-10,12,14-15,17,23-24,26,30-31,49H,1-4,11,13,16H2,(H,45,46)(H,50,51). The molecule has 0 radical (unpaired) electrons. The van der Waals surface area contributed by atoms with Gasteiger partial charge in [0.05, 0.1) is 33.8 Å². The van der Waals surface area contributed by atoms with Crippen LogP contribution in [0, 0.1) is 23.7 Å². The van der Waals surface area contributed by atoms with Gasteiger partial charge in [-0.2, -0.15) is 18.2 Å². The number of carbonyl (C=O) groups is 5. The summed E-state index contributed by atoms with van der Waals surface area (Å²) in [4.78, 5) is 74.0. The van der Waals surface area contributed by atoms with E-state index in [1.807, 2.05) is 6.08 Å². The molecule has 0 bridgehead atoms. The molecule has 3 fully saturated rings. The average Bonchev–Trinajstić information content (AvgIpc) is 3.50. The third-order valence-electron chi connectivity index (χ3n) is 11.2. The summed E-state index contributed by atoms with van der Waals surface area (Å²) < 4.78 is 40.9. The van der Waals surface area contributed by atoms with Gasteiger partial charge in [0, 0.05) is 40.1 Å². The topological polar surface area (TPSA) is 157 Å². The van der Waals surface area contributed by atoms with Crippen molar-refractivity contribution in [2.24, 2.45) is 23.7 Å². The molecular weight excluding hydrogens is 832 g/mol. The maximum atomic E-state index is 15.2. The van der Waals surface area contributed by atoms with Gasteiger partial charge in [-0.05, 0) is 73.6 Å². The first-order valence-electron chi connectivity index (χ1n) is 17.4. The van der Waals surface area contributed by atoms with Crippen LogP contribution in [0.25, 0.3) is 0 Å². The molecule has 2 saturated heterocycles. The lowest BCUT2D eigenvalue weighted by molar-refractivity contribution is -0.141. The van der Waals surface area contributed by atoms with Crippen molar-refractivity contribution in [3.05, 3.63) is 97.6 Å². The van der Waals surface area contributed by atoms with E-state index >= 15 is 4.79 Å².